The molecule has 0 radical (unpaired) electrons. The molecule has 3 fully saturated rings. The second kappa shape index (κ2) is 9.72. The average molecular weight is 492 g/mol. The van der Waals surface area contributed by atoms with Crippen LogP contribution in [0.3, 0.4) is 0 Å². The Kier molecular flexibility index (Phi) is 6.78. The van der Waals surface area contributed by atoms with Gasteiger partial charge in [-0.1, -0.05) is 25.5 Å². The van der Waals surface area contributed by atoms with Crippen LogP contribution < -0.4 is 10.1 Å². The van der Waals surface area contributed by atoms with E-state index in [-0.39, 0.29) is 34.6 Å². The molecule has 0 bridgehead atoms. The first-order valence-electron chi connectivity index (χ1n) is 13.7. The van der Waals surface area contributed by atoms with E-state index < -0.39 is 0 Å². The number of benzene rings is 1. The van der Waals surface area contributed by atoms with Crippen molar-refractivity contribution >= 4 is 17.4 Å². The molecular formula is C31H41NO4. The van der Waals surface area contributed by atoms with Gasteiger partial charge in [0.05, 0.1) is 7.11 Å². The van der Waals surface area contributed by atoms with E-state index in [1.165, 1.54) is 18.9 Å². The van der Waals surface area contributed by atoms with Crippen LogP contribution in [-0.4, -0.2) is 25.0 Å². The molecule has 0 spiro atoms. The number of ether oxygens (including phenoxy) is 2. The molecule has 0 aliphatic heterocycles. The van der Waals surface area contributed by atoms with Crippen LogP contribution in [0, 0.1) is 34.5 Å². The van der Waals surface area contributed by atoms with Crippen molar-refractivity contribution in [2.75, 3.05) is 12.4 Å². The van der Waals surface area contributed by atoms with Crippen LogP contribution in [-0.2, 0) is 14.3 Å². The van der Waals surface area contributed by atoms with E-state index in [1.807, 2.05) is 24.3 Å². The van der Waals surface area contributed by atoms with Gasteiger partial charge < -0.3 is 14.8 Å². The smallest absolute Gasteiger partial charge is 0.302 e. The number of hydrogen-bond donors (Lipinski definition) is 1. The van der Waals surface area contributed by atoms with Gasteiger partial charge in [-0.05, 0) is 104 Å². The number of nitrogens with one attached hydrogen (secondary N) is 1. The Morgan fingerprint density at radius 3 is 2.53 bits per heavy atom. The average Bonchev–Trinajstić information content (AvgIpc) is 3.21. The number of anilines is 1. The minimum atomic E-state index is -0.166. The molecule has 1 N–H and O–H groups in total. The van der Waals surface area contributed by atoms with E-state index >= 15 is 0 Å². The first kappa shape index (κ1) is 25.1. The fraction of sp³-hybridized carbons (Fsp3) is 0.613. The first-order valence-corrected chi connectivity index (χ1v) is 13.7. The Morgan fingerprint density at radius 1 is 1.03 bits per heavy atom. The van der Waals surface area contributed by atoms with Crippen molar-refractivity contribution in [3.05, 3.63) is 48.2 Å². The molecule has 3 saturated carbocycles. The molecule has 0 aromatic heterocycles. The zero-order chi connectivity index (χ0) is 25.5. The zero-order valence-corrected chi connectivity index (χ0v) is 22.2. The van der Waals surface area contributed by atoms with Gasteiger partial charge in [0.1, 0.15) is 11.9 Å². The molecule has 1 aromatic carbocycles. The number of carbonyl (C=O) groups excluding carboxylic acids is 2. The van der Waals surface area contributed by atoms with Gasteiger partial charge in [0.15, 0.2) is 5.78 Å². The summed E-state index contributed by atoms with van der Waals surface area (Å²) in [5, 5.41) is 3.24. The van der Waals surface area contributed by atoms with E-state index in [0.717, 1.165) is 56.4 Å². The second-order valence-corrected chi connectivity index (χ2v) is 12.0. The fourth-order valence-corrected chi connectivity index (χ4v) is 8.45. The third-order valence-corrected chi connectivity index (χ3v) is 10.3. The third kappa shape index (κ3) is 4.39. The Hall–Kier alpha value is -2.56. The van der Waals surface area contributed by atoms with E-state index in [0.29, 0.717) is 17.8 Å². The van der Waals surface area contributed by atoms with Crippen molar-refractivity contribution in [2.24, 2.45) is 34.5 Å². The molecule has 7 unspecified atom stereocenters. The fourth-order valence-electron chi connectivity index (χ4n) is 8.45. The molecule has 5 nitrogen and oxygen atoms in total. The Bertz CT molecular complexity index is 1060. The zero-order valence-electron chi connectivity index (χ0n) is 22.2. The lowest BCUT2D eigenvalue weighted by Gasteiger charge is -2.58. The topological polar surface area (TPSA) is 64.6 Å². The number of ketones is 1. The van der Waals surface area contributed by atoms with E-state index in [1.54, 1.807) is 19.4 Å². The Balaban J connectivity index is 1.26. The maximum absolute atomic E-state index is 13.4. The number of hydrogen-bond acceptors (Lipinski definition) is 5. The van der Waals surface area contributed by atoms with E-state index in [4.69, 9.17) is 9.47 Å². The molecule has 1 aromatic rings. The summed E-state index contributed by atoms with van der Waals surface area (Å²) in [5.41, 5.74) is 2.75. The molecule has 194 valence electrons. The predicted molar refractivity (Wildman–Crippen MR) is 142 cm³/mol. The summed E-state index contributed by atoms with van der Waals surface area (Å²) < 4.78 is 10.8. The SMILES string of the molecule is COc1ccc(N/C=C/C(=O)C2CCC3C4CC=C5CC(OC(C)=O)CCC5(C)C4CCC23C)cc1. The number of allylic oxidation sites excluding steroid dienone is 2. The van der Waals surface area contributed by atoms with Crippen molar-refractivity contribution in [1.29, 1.82) is 0 Å². The molecule has 0 saturated heterocycles. The maximum Gasteiger partial charge on any atom is 0.302 e. The quantitative estimate of drug-likeness (QED) is 0.272. The number of esters is 1. The van der Waals surface area contributed by atoms with Crippen LogP contribution in [0.15, 0.2) is 48.2 Å². The van der Waals surface area contributed by atoms with Crippen LogP contribution in [0.4, 0.5) is 5.69 Å². The van der Waals surface area contributed by atoms with Crippen molar-refractivity contribution in [1.82, 2.24) is 0 Å². The Morgan fingerprint density at radius 2 is 1.81 bits per heavy atom. The number of fused-ring (bicyclic) bond motifs is 5. The minimum Gasteiger partial charge on any atom is -0.497 e. The van der Waals surface area contributed by atoms with E-state index in [2.05, 4.69) is 25.2 Å². The van der Waals surface area contributed by atoms with Gasteiger partial charge in [-0.2, -0.15) is 0 Å². The van der Waals surface area contributed by atoms with Crippen molar-refractivity contribution in [2.45, 2.75) is 78.2 Å². The number of methoxy groups -OCH3 is 1. The highest BCUT2D eigenvalue weighted by atomic mass is 16.5. The van der Waals surface area contributed by atoms with Gasteiger partial charge in [0.2, 0.25) is 0 Å². The lowest BCUT2D eigenvalue weighted by atomic mass is 9.47. The van der Waals surface area contributed by atoms with Crippen LogP contribution in [0.1, 0.15) is 72.1 Å². The molecule has 7 atom stereocenters. The number of carbonyl (C=O) groups is 2. The van der Waals surface area contributed by atoms with Gasteiger partial charge in [0, 0.05) is 31.1 Å². The van der Waals surface area contributed by atoms with Gasteiger partial charge in [-0.25, -0.2) is 0 Å². The highest BCUT2D eigenvalue weighted by Crippen LogP contribution is 2.66. The predicted octanol–water partition coefficient (Wildman–Crippen LogP) is 6.70. The summed E-state index contributed by atoms with van der Waals surface area (Å²) in [6.07, 6.45) is 14.6. The summed E-state index contributed by atoms with van der Waals surface area (Å²) in [6, 6.07) is 7.72. The largest absolute Gasteiger partial charge is 0.497 e. The molecule has 0 heterocycles. The minimum absolute atomic E-state index is 0.0408. The second-order valence-electron chi connectivity index (χ2n) is 12.0. The van der Waals surface area contributed by atoms with Crippen LogP contribution in [0.25, 0.3) is 0 Å². The molecule has 0 amide bonds. The van der Waals surface area contributed by atoms with Crippen molar-refractivity contribution < 1.29 is 19.1 Å². The third-order valence-electron chi connectivity index (χ3n) is 10.3. The lowest BCUT2D eigenvalue weighted by molar-refractivity contribution is -0.149. The molecule has 4 aliphatic rings. The first-order chi connectivity index (χ1) is 17.2. The summed E-state index contributed by atoms with van der Waals surface area (Å²) in [4.78, 5) is 24.9. The summed E-state index contributed by atoms with van der Waals surface area (Å²) in [5.74, 6) is 2.96. The van der Waals surface area contributed by atoms with Crippen LogP contribution in [0.2, 0.25) is 0 Å². The maximum atomic E-state index is 13.4. The van der Waals surface area contributed by atoms with Crippen molar-refractivity contribution in [3.8, 4) is 5.75 Å². The van der Waals surface area contributed by atoms with Gasteiger partial charge >= 0.3 is 5.97 Å². The monoisotopic (exact) mass is 491 g/mol. The highest BCUT2D eigenvalue weighted by Gasteiger charge is 2.59. The molecule has 5 heteroatoms. The van der Waals surface area contributed by atoms with Crippen LogP contribution >= 0.6 is 0 Å². The van der Waals surface area contributed by atoms with Crippen molar-refractivity contribution in [3.63, 3.8) is 0 Å². The molecule has 4 aliphatic carbocycles. The van der Waals surface area contributed by atoms with Crippen LogP contribution in [0.5, 0.6) is 5.75 Å². The van der Waals surface area contributed by atoms with Gasteiger partial charge in [0.25, 0.3) is 0 Å². The standard InChI is InChI=1S/C31H41NO4/c1-20(33)36-24-13-16-30(2)21(19-24)5-10-25-26-11-12-28(31(26,3)17-14-27(25)30)29(34)15-18-32-22-6-8-23(35-4)9-7-22/h5-9,15,18,24-28,32H,10-14,16-17,19H2,1-4H3/b18-15+. The Labute approximate surface area is 215 Å². The molecule has 5 rings (SSSR count). The normalized spacial score (nSPS) is 37.3. The molecular weight excluding hydrogens is 450 g/mol. The number of rotatable bonds is 6. The summed E-state index contributed by atoms with van der Waals surface area (Å²) in [6.45, 7) is 6.38. The highest BCUT2D eigenvalue weighted by molar-refractivity contribution is 5.93. The summed E-state index contributed by atoms with van der Waals surface area (Å²) in [7, 11) is 1.66. The van der Waals surface area contributed by atoms with Gasteiger partial charge in [-0.3, -0.25) is 9.59 Å². The summed E-state index contributed by atoms with van der Waals surface area (Å²) >= 11 is 0. The van der Waals surface area contributed by atoms with Gasteiger partial charge in [-0.15, -0.1) is 0 Å². The lowest BCUT2D eigenvalue weighted by Crippen LogP contribution is -2.51. The molecule has 36 heavy (non-hydrogen) atoms. The van der Waals surface area contributed by atoms with E-state index in [9.17, 15) is 9.59 Å².